The summed E-state index contributed by atoms with van der Waals surface area (Å²) in [6, 6.07) is 11.8. The first-order chi connectivity index (χ1) is 11.1. The minimum atomic E-state index is -0.705. The van der Waals surface area contributed by atoms with Gasteiger partial charge in [-0.2, -0.15) is 0 Å². The Hall–Kier alpha value is -2.31. The van der Waals surface area contributed by atoms with Crippen molar-refractivity contribution < 1.29 is 14.0 Å². The predicted octanol–water partition coefficient (Wildman–Crippen LogP) is 1.51. The number of hydrogen-bond acceptors (Lipinski definition) is 4. The normalized spacial score (nSPS) is 12.6. The zero-order chi connectivity index (χ0) is 16.7. The van der Waals surface area contributed by atoms with Gasteiger partial charge in [0.2, 0.25) is 5.91 Å². The molecule has 2 aromatic rings. The van der Waals surface area contributed by atoms with E-state index in [1.165, 1.54) is 6.26 Å². The van der Waals surface area contributed by atoms with Gasteiger partial charge in [-0.15, -0.1) is 12.4 Å². The number of hydrogen-bond donors (Lipinski definition) is 3. The van der Waals surface area contributed by atoms with Crippen LogP contribution in [0.2, 0.25) is 0 Å². The van der Waals surface area contributed by atoms with Crippen LogP contribution in [-0.2, 0) is 11.2 Å². The molecule has 1 unspecified atom stereocenters. The summed E-state index contributed by atoms with van der Waals surface area (Å²) >= 11 is 0. The molecule has 0 saturated carbocycles. The van der Waals surface area contributed by atoms with Gasteiger partial charge in [0.05, 0.1) is 6.26 Å². The second-order valence-corrected chi connectivity index (χ2v) is 5.34. The van der Waals surface area contributed by atoms with Crippen molar-refractivity contribution in [2.24, 2.45) is 5.73 Å². The van der Waals surface area contributed by atoms with Crippen LogP contribution in [0, 0.1) is 0 Å². The van der Waals surface area contributed by atoms with Crippen LogP contribution in [0.3, 0.4) is 0 Å². The first-order valence-electron chi connectivity index (χ1n) is 7.49. The van der Waals surface area contributed by atoms with E-state index in [2.05, 4.69) is 10.6 Å². The Morgan fingerprint density at radius 2 is 1.83 bits per heavy atom. The second-order valence-electron chi connectivity index (χ2n) is 5.34. The molecule has 0 bridgehead atoms. The van der Waals surface area contributed by atoms with Crippen LogP contribution in [0.15, 0.2) is 53.1 Å². The van der Waals surface area contributed by atoms with Gasteiger partial charge in [0, 0.05) is 19.0 Å². The number of nitrogens with one attached hydrogen (secondary N) is 2. The van der Waals surface area contributed by atoms with Crippen LogP contribution in [0.5, 0.6) is 0 Å². The highest BCUT2D eigenvalue weighted by atomic mass is 35.5. The molecule has 0 radical (unpaired) electrons. The van der Waals surface area contributed by atoms with Gasteiger partial charge in [-0.1, -0.05) is 30.3 Å². The van der Waals surface area contributed by atoms with Gasteiger partial charge in [0.25, 0.3) is 5.91 Å². The van der Waals surface area contributed by atoms with Crippen LogP contribution < -0.4 is 16.4 Å². The van der Waals surface area contributed by atoms with Crippen LogP contribution >= 0.6 is 12.4 Å². The van der Waals surface area contributed by atoms with Crippen molar-refractivity contribution in [2.45, 2.75) is 25.4 Å². The average molecular weight is 352 g/mol. The van der Waals surface area contributed by atoms with Gasteiger partial charge in [-0.05, 0) is 24.6 Å². The fraction of sp³-hybridized carbons (Fsp3) is 0.294. The van der Waals surface area contributed by atoms with E-state index in [1.807, 2.05) is 37.3 Å². The number of carbonyl (C=O) groups excluding carboxylic acids is 2. The number of furan rings is 1. The third-order valence-electron chi connectivity index (χ3n) is 3.39. The Kier molecular flexibility index (Phi) is 8.01. The molecule has 0 aliphatic rings. The number of amides is 2. The number of nitrogens with two attached hydrogens (primary N) is 1. The van der Waals surface area contributed by atoms with E-state index >= 15 is 0 Å². The van der Waals surface area contributed by atoms with E-state index in [0.29, 0.717) is 13.0 Å². The number of benzene rings is 1. The van der Waals surface area contributed by atoms with Crippen LogP contribution in [0.4, 0.5) is 0 Å². The van der Waals surface area contributed by atoms with E-state index in [1.54, 1.807) is 12.1 Å². The van der Waals surface area contributed by atoms with Crippen molar-refractivity contribution in [3.63, 3.8) is 0 Å². The molecule has 1 aromatic carbocycles. The molecule has 2 rings (SSSR count). The lowest BCUT2D eigenvalue weighted by molar-refractivity contribution is -0.123. The molecule has 0 fully saturated rings. The third kappa shape index (κ3) is 5.72. The standard InChI is InChI=1S/C17H21N3O3.ClH/c1-12(11-18)19-16(21)14(10-13-6-3-2-4-7-13)20-17(22)15-8-5-9-23-15;/h2-9,12,14H,10-11,18H2,1H3,(H,19,21)(H,20,22);1H/t12-,14?;/m0./s1. The van der Waals surface area contributed by atoms with Crippen LogP contribution in [-0.4, -0.2) is 30.4 Å². The Morgan fingerprint density at radius 1 is 1.12 bits per heavy atom. The molecule has 0 saturated heterocycles. The molecule has 6 nitrogen and oxygen atoms in total. The fourth-order valence-corrected chi connectivity index (χ4v) is 2.10. The summed E-state index contributed by atoms with van der Waals surface area (Å²) in [7, 11) is 0. The highest BCUT2D eigenvalue weighted by Gasteiger charge is 2.23. The number of halogens is 1. The highest BCUT2D eigenvalue weighted by molar-refractivity contribution is 5.95. The molecule has 2 atom stereocenters. The summed E-state index contributed by atoms with van der Waals surface area (Å²) in [5.74, 6) is -0.527. The largest absolute Gasteiger partial charge is 0.459 e. The molecule has 4 N–H and O–H groups in total. The molecule has 0 aliphatic heterocycles. The molecule has 1 aromatic heterocycles. The maximum atomic E-state index is 12.4. The first kappa shape index (κ1) is 19.7. The van der Waals surface area contributed by atoms with Gasteiger partial charge < -0.3 is 20.8 Å². The van der Waals surface area contributed by atoms with Crippen LogP contribution in [0.1, 0.15) is 23.0 Å². The lowest BCUT2D eigenvalue weighted by Gasteiger charge is -2.20. The average Bonchev–Trinajstić information content (AvgIpc) is 3.09. The zero-order valence-corrected chi connectivity index (χ0v) is 14.2. The van der Waals surface area contributed by atoms with Gasteiger partial charge in [0.1, 0.15) is 6.04 Å². The Bertz CT molecular complexity index is 632. The summed E-state index contributed by atoms with van der Waals surface area (Å²) in [6.07, 6.45) is 1.80. The number of carbonyl (C=O) groups is 2. The smallest absolute Gasteiger partial charge is 0.287 e. The minimum Gasteiger partial charge on any atom is -0.459 e. The van der Waals surface area contributed by atoms with Crippen molar-refractivity contribution in [1.82, 2.24) is 10.6 Å². The summed E-state index contributed by atoms with van der Waals surface area (Å²) < 4.78 is 5.06. The second kappa shape index (κ2) is 9.75. The van der Waals surface area contributed by atoms with E-state index in [9.17, 15) is 9.59 Å². The highest BCUT2D eigenvalue weighted by Crippen LogP contribution is 2.06. The van der Waals surface area contributed by atoms with Crippen molar-refractivity contribution in [1.29, 1.82) is 0 Å². The Morgan fingerprint density at radius 3 is 2.42 bits per heavy atom. The molecule has 0 spiro atoms. The van der Waals surface area contributed by atoms with E-state index in [4.69, 9.17) is 10.2 Å². The zero-order valence-electron chi connectivity index (χ0n) is 13.4. The van der Waals surface area contributed by atoms with Crippen molar-refractivity contribution in [3.8, 4) is 0 Å². The summed E-state index contributed by atoms with van der Waals surface area (Å²) in [5.41, 5.74) is 6.49. The van der Waals surface area contributed by atoms with Gasteiger partial charge in [0.15, 0.2) is 5.76 Å². The molecule has 2 amide bonds. The maximum absolute atomic E-state index is 12.4. The quantitative estimate of drug-likeness (QED) is 0.704. The molecular formula is C17H22ClN3O3. The predicted molar refractivity (Wildman–Crippen MR) is 94.0 cm³/mol. The first-order valence-corrected chi connectivity index (χ1v) is 7.49. The number of rotatable bonds is 7. The molecular weight excluding hydrogens is 330 g/mol. The Labute approximate surface area is 147 Å². The molecule has 7 heteroatoms. The molecule has 130 valence electrons. The SMILES string of the molecule is C[C@@H](CN)NC(=O)C(Cc1ccccc1)NC(=O)c1ccco1.Cl. The van der Waals surface area contributed by atoms with Crippen molar-refractivity contribution in [2.75, 3.05) is 6.54 Å². The fourth-order valence-electron chi connectivity index (χ4n) is 2.10. The van der Waals surface area contributed by atoms with Crippen molar-refractivity contribution >= 4 is 24.2 Å². The minimum absolute atomic E-state index is 0. The summed E-state index contributed by atoms with van der Waals surface area (Å²) in [6.45, 7) is 2.14. The van der Waals surface area contributed by atoms with Gasteiger partial charge >= 0.3 is 0 Å². The van der Waals surface area contributed by atoms with Crippen LogP contribution in [0.25, 0.3) is 0 Å². The van der Waals surface area contributed by atoms with E-state index < -0.39 is 11.9 Å². The van der Waals surface area contributed by atoms with E-state index in [0.717, 1.165) is 5.56 Å². The summed E-state index contributed by atoms with van der Waals surface area (Å²) in [4.78, 5) is 24.6. The molecule has 1 heterocycles. The van der Waals surface area contributed by atoms with Gasteiger partial charge in [-0.3, -0.25) is 9.59 Å². The summed E-state index contributed by atoms with van der Waals surface area (Å²) in [5, 5.41) is 5.50. The monoisotopic (exact) mass is 351 g/mol. The lowest BCUT2D eigenvalue weighted by atomic mass is 10.0. The Balaban J connectivity index is 0.00000288. The van der Waals surface area contributed by atoms with Crippen molar-refractivity contribution in [3.05, 3.63) is 60.1 Å². The lowest BCUT2D eigenvalue weighted by Crippen LogP contribution is -2.51. The molecule has 0 aliphatic carbocycles. The maximum Gasteiger partial charge on any atom is 0.287 e. The van der Waals surface area contributed by atoms with E-state index in [-0.39, 0.29) is 30.1 Å². The molecule has 24 heavy (non-hydrogen) atoms. The van der Waals surface area contributed by atoms with Gasteiger partial charge in [-0.25, -0.2) is 0 Å². The topological polar surface area (TPSA) is 97.4 Å². The third-order valence-corrected chi connectivity index (χ3v) is 3.39.